The summed E-state index contributed by atoms with van der Waals surface area (Å²) in [5, 5.41) is 11.9. The molecule has 3 aromatic rings. The van der Waals surface area contributed by atoms with Crippen molar-refractivity contribution in [2.24, 2.45) is 5.92 Å². The van der Waals surface area contributed by atoms with Gasteiger partial charge in [-0.3, -0.25) is 4.79 Å². The maximum atomic E-state index is 12.6. The summed E-state index contributed by atoms with van der Waals surface area (Å²) in [6, 6.07) is 19.3. The first-order chi connectivity index (χ1) is 14.1. The molecule has 0 unspecified atom stereocenters. The zero-order valence-electron chi connectivity index (χ0n) is 16.9. The largest absolute Gasteiger partial charge is 0.355 e. The minimum absolute atomic E-state index is 0.110. The molecule has 1 aliphatic rings. The van der Waals surface area contributed by atoms with Crippen LogP contribution in [-0.4, -0.2) is 29.2 Å². The van der Waals surface area contributed by atoms with Crippen LogP contribution in [0.4, 0.5) is 11.5 Å². The van der Waals surface area contributed by atoms with Gasteiger partial charge in [-0.15, -0.1) is 10.2 Å². The number of rotatable bonds is 4. The van der Waals surface area contributed by atoms with Gasteiger partial charge in [-0.05, 0) is 61.6 Å². The third-order valence-electron chi connectivity index (χ3n) is 5.56. The normalized spacial score (nSPS) is 14.6. The molecule has 1 aliphatic heterocycles. The van der Waals surface area contributed by atoms with Gasteiger partial charge in [0.05, 0.1) is 5.69 Å². The molecule has 2 aromatic carbocycles. The van der Waals surface area contributed by atoms with E-state index in [2.05, 4.69) is 27.3 Å². The van der Waals surface area contributed by atoms with Crippen molar-refractivity contribution in [3.63, 3.8) is 0 Å². The molecule has 148 valence electrons. The zero-order valence-corrected chi connectivity index (χ0v) is 16.9. The Kier molecular flexibility index (Phi) is 5.56. The van der Waals surface area contributed by atoms with Crippen LogP contribution in [0.15, 0.2) is 60.7 Å². The van der Waals surface area contributed by atoms with Crippen molar-refractivity contribution in [1.29, 1.82) is 0 Å². The number of aryl methyl sites for hydroxylation is 1. The first-order valence-electron chi connectivity index (χ1n) is 10.2. The van der Waals surface area contributed by atoms with Crippen LogP contribution in [0.1, 0.15) is 35.7 Å². The van der Waals surface area contributed by atoms with Crippen LogP contribution in [0.3, 0.4) is 0 Å². The summed E-state index contributed by atoms with van der Waals surface area (Å²) < 4.78 is 0. The van der Waals surface area contributed by atoms with Crippen LogP contribution in [0.5, 0.6) is 0 Å². The lowest BCUT2D eigenvalue weighted by Gasteiger charge is -2.30. The lowest BCUT2D eigenvalue weighted by molar-refractivity contribution is 0.102. The minimum Gasteiger partial charge on any atom is -0.355 e. The van der Waals surface area contributed by atoms with E-state index in [-0.39, 0.29) is 5.91 Å². The number of anilines is 2. The van der Waals surface area contributed by atoms with E-state index in [1.54, 1.807) is 0 Å². The maximum Gasteiger partial charge on any atom is 0.255 e. The number of hydrogen-bond donors (Lipinski definition) is 1. The summed E-state index contributed by atoms with van der Waals surface area (Å²) >= 11 is 0. The third kappa shape index (κ3) is 4.45. The van der Waals surface area contributed by atoms with Crippen molar-refractivity contribution in [2.75, 3.05) is 23.3 Å². The van der Waals surface area contributed by atoms with Crippen molar-refractivity contribution < 1.29 is 4.79 Å². The van der Waals surface area contributed by atoms with E-state index < -0.39 is 0 Å². The SMILES string of the molecule is Cc1ccccc1C(=O)Nc1cccc(-c2ccc(N3CCC(C)CC3)nn2)c1. The summed E-state index contributed by atoms with van der Waals surface area (Å²) in [6.45, 7) is 6.31. The average Bonchev–Trinajstić information content (AvgIpc) is 2.75. The molecule has 0 atom stereocenters. The fourth-order valence-corrected chi connectivity index (χ4v) is 3.67. The van der Waals surface area contributed by atoms with Gasteiger partial charge in [-0.1, -0.05) is 37.3 Å². The Balaban J connectivity index is 1.48. The predicted octanol–water partition coefficient (Wildman–Crippen LogP) is 4.94. The van der Waals surface area contributed by atoms with Crippen LogP contribution in [-0.2, 0) is 0 Å². The van der Waals surface area contributed by atoms with Crippen LogP contribution in [0.25, 0.3) is 11.3 Å². The molecule has 0 bridgehead atoms. The van der Waals surface area contributed by atoms with E-state index in [1.807, 2.05) is 67.6 Å². The van der Waals surface area contributed by atoms with Crippen LogP contribution in [0, 0.1) is 12.8 Å². The smallest absolute Gasteiger partial charge is 0.255 e. The van der Waals surface area contributed by atoms with Gasteiger partial charge in [0.2, 0.25) is 0 Å². The maximum absolute atomic E-state index is 12.6. The van der Waals surface area contributed by atoms with E-state index in [9.17, 15) is 4.79 Å². The van der Waals surface area contributed by atoms with E-state index in [0.29, 0.717) is 5.56 Å². The summed E-state index contributed by atoms with van der Waals surface area (Å²) in [7, 11) is 0. The van der Waals surface area contributed by atoms with Crippen molar-refractivity contribution >= 4 is 17.4 Å². The van der Waals surface area contributed by atoms with Crippen molar-refractivity contribution in [1.82, 2.24) is 10.2 Å². The fourth-order valence-electron chi connectivity index (χ4n) is 3.67. The number of amides is 1. The number of hydrogen-bond acceptors (Lipinski definition) is 4. The molecule has 29 heavy (non-hydrogen) atoms. The highest BCUT2D eigenvalue weighted by Crippen LogP contribution is 2.24. The Hall–Kier alpha value is -3.21. The Bertz CT molecular complexity index is 992. The first kappa shape index (κ1) is 19.1. The average molecular weight is 386 g/mol. The molecule has 1 saturated heterocycles. The Morgan fingerprint density at radius 2 is 1.79 bits per heavy atom. The number of benzene rings is 2. The second-order valence-electron chi connectivity index (χ2n) is 7.80. The molecular formula is C24H26N4O. The highest BCUT2D eigenvalue weighted by molar-refractivity contribution is 6.05. The highest BCUT2D eigenvalue weighted by atomic mass is 16.1. The molecule has 0 radical (unpaired) electrons. The summed E-state index contributed by atoms with van der Waals surface area (Å²) in [6.07, 6.45) is 2.40. The summed E-state index contributed by atoms with van der Waals surface area (Å²) in [5.74, 6) is 1.61. The Labute approximate surface area is 171 Å². The summed E-state index contributed by atoms with van der Waals surface area (Å²) in [5.41, 5.74) is 4.10. The standard InChI is InChI=1S/C24H26N4O/c1-17-12-14-28(15-13-17)23-11-10-22(26-27-23)19-7-5-8-20(16-19)25-24(29)21-9-4-3-6-18(21)2/h3-11,16-17H,12-15H2,1-2H3,(H,25,29). The topological polar surface area (TPSA) is 58.1 Å². The fraction of sp³-hybridized carbons (Fsp3) is 0.292. The molecule has 1 fully saturated rings. The van der Waals surface area contributed by atoms with Gasteiger partial charge >= 0.3 is 0 Å². The molecular weight excluding hydrogens is 360 g/mol. The second-order valence-corrected chi connectivity index (χ2v) is 7.80. The number of carbonyl (C=O) groups is 1. The van der Waals surface area contributed by atoms with E-state index in [4.69, 9.17) is 0 Å². The van der Waals surface area contributed by atoms with Gasteiger partial charge in [0.15, 0.2) is 5.82 Å². The molecule has 5 nitrogen and oxygen atoms in total. The van der Waals surface area contributed by atoms with Crippen molar-refractivity contribution in [2.45, 2.75) is 26.7 Å². The molecule has 0 saturated carbocycles. The predicted molar refractivity (Wildman–Crippen MR) is 117 cm³/mol. The molecule has 1 amide bonds. The van der Waals surface area contributed by atoms with Crippen molar-refractivity contribution in [3.8, 4) is 11.3 Å². The number of aromatic nitrogens is 2. The number of carbonyl (C=O) groups excluding carboxylic acids is 1. The third-order valence-corrected chi connectivity index (χ3v) is 5.56. The zero-order chi connectivity index (χ0) is 20.2. The number of piperidine rings is 1. The summed E-state index contributed by atoms with van der Waals surface area (Å²) in [4.78, 5) is 14.9. The quantitative estimate of drug-likeness (QED) is 0.690. The van der Waals surface area contributed by atoms with E-state index in [1.165, 1.54) is 12.8 Å². The molecule has 0 spiro atoms. The number of nitrogens with zero attached hydrogens (tertiary/aromatic N) is 3. The molecule has 1 N–H and O–H groups in total. The monoisotopic (exact) mass is 386 g/mol. The molecule has 4 rings (SSSR count). The highest BCUT2D eigenvalue weighted by Gasteiger charge is 2.17. The lowest BCUT2D eigenvalue weighted by atomic mass is 9.99. The van der Waals surface area contributed by atoms with Gasteiger partial charge in [0.25, 0.3) is 5.91 Å². The van der Waals surface area contributed by atoms with Crippen LogP contribution >= 0.6 is 0 Å². The lowest BCUT2D eigenvalue weighted by Crippen LogP contribution is -2.33. The minimum atomic E-state index is -0.110. The Morgan fingerprint density at radius 1 is 1.00 bits per heavy atom. The van der Waals surface area contributed by atoms with E-state index >= 15 is 0 Å². The van der Waals surface area contributed by atoms with Crippen LogP contribution in [0.2, 0.25) is 0 Å². The van der Waals surface area contributed by atoms with Crippen LogP contribution < -0.4 is 10.2 Å². The van der Waals surface area contributed by atoms with Gasteiger partial charge in [0.1, 0.15) is 0 Å². The first-order valence-corrected chi connectivity index (χ1v) is 10.2. The van der Waals surface area contributed by atoms with Gasteiger partial charge in [0, 0.05) is 29.9 Å². The molecule has 5 heteroatoms. The van der Waals surface area contributed by atoms with Gasteiger partial charge in [-0.25, -0.2) is 0 Å². The molecule has 0 aliphatic carbocycles. The van der Waals surface area contributed by atoms with Gasteiger partial charge < -0.3 is 10.2 Å². The second kappa shape index (κ2) is 8.43. The number of nitrogens with one attached hydrogen (secondary N) is 1. The Morgan fingerprint density at radius 3 is 2.52 bits per heavy atom. The van der Waals surface area contributed by atoms with Gasteiger partial charge in [-0.2, -0.15) is 0 Å². The molecule has 2 heterocycles. The van der Waals surface area contributed by atoms with Crippen molar-refractivity contribution in [3.05, 3.63) is 71.8 Å². The van der Waals surface area contributed by atoms with E-state index in [0.717, 1.165) is 47.3 Å². The molecule has 1 aromatic heterocycles.